The molecular weight excluding hydrogens is 178 g/mol. The molecule has 82 valence electrons. The van der Waals surface area contributed by atoms with Gasteiger partial charge in [0, 0.05) is 12.5 Å². The Labute approximate surface area is 85.9 Å². The quantitative estimate of drug-likeness (QED) is 0.726. The van der Waals surface area contributed by atoms with E-state index in [-0.39, 0.29) is 5.92 Å². The molecular formula is C11H21NO2. The summed E-state index contributed by atoms with van der Waals surface area (Å²) >= 11 is 0. The second-order valence-electron chi connectivity index (χ2n) is 4.56. The zero-order valence-electron chi connectivity index (χ0n) is 9.12. The van der Waals surface area contributed by atoms with Gasteiger partial charge in [0.05, 0.1) is 0 Å². The molecule has 1 saturated heterocycles. The first-order valence-electron chi connectivity index (χ1n) is 5.56. The van der Waals surface area contributed by atoms with E-state index in [9.17, 15) is 4.79 Å². The van der Waals surface area contributed by atoms with E-state index in [0.717, 1.165) is 13.0 Å². The highest BCUT2D eigenvalue weighted by Gasteiger charge is 2.27. The van der Waals surface area contributed by atoms with Crippen LogP contribution in [0.5, 0.6) is 0 Å². The van der Waals surface area contributed by atoms with Gasteiger partial charge in [-0.1, -0.05) is 20.3 Å². The van der Waals surface area contributed by atoms with E-state index < -0.39 is 5.97 Å². The average Bonchev–Trinajstić information content (AvgIpc) is 2.15. The van der Waals surface area contributed by atoms with Gasteiger partial charge in [0.15, 0.2) is 0 Å². The Morgan fingerprint density at radius 3 is 2.64 bits per heavy atom. The van der Waals surface area contributed by atoms with E-state index in [2.05, 4.69) is 19.2 Å². The Morgan fingerprint density at radius 2 is 2.21 bits per heavy atom. The molecule has 1 heterocycles. The lowest BCUT2D eigenvalue weighted by atomic mass is 9.82. The summed E-state index contributed by atoms with van der Waals surface area (Å²) < 4.78 is 0. The summed E-state index contributed by atoms with van der Waals surface area (Å²) in [6, 6.07) is 0.417. The maximum atomic E-state index is 10.7. The van der Waals surface area contributed by atoms with Crippen LogP contribution in [-0.4, -0.2) is 23.7 Å². The van der Waals surface area contributed by atoms with Crippen molar-refractivity contribution in [1.29, 1.82) is 0 Å². The smallest absolute Gasteiger partial charge is 0.303 e. The molecule has 0 radical (unpaired) electrons. The van der Waals surface area contributed by atoms with Crippen LogP contribution in [0.4, 0.5) is 0 Å². The first kappa shape index (κ1) is 11.5. The van der Waals surface area contributed by atoms with Crippen LogP contribution in [-0.2, 0) is 4.79 Å². The van der Waals surface area contributed by atoms with Crippen molar-refractivity contribution in [3.05, 3.63) is 0 Å². The second-order valence-corrected chi connectivity index (χ2v) is 4.56. The minimum Gasteiger partial charge on any atom is -0.481 e. The van der Waals surface area contributed by atoms with Gasteiger partial charge in [0.1, 0.15) is 0 Å². The summed E-state index contributed by atoms with van der Waals surface area (Å²) in [6.07, 6.45) is 3.90. The predicted octanol–water partition coefficient (Wildman–Crippen LogP) is 1.88. The highest BCUT2D eigenvalue weighted by atomic mass is 16.4. The van der Waals surface area contributed by atoms with E-state index in [1.807, 2.05) is 0 Å². The fraction of sp³-hybridized carbons (Fsp3) is 0.909. The molecule has 3 heteroatoms. The third-order valence-corrected chi connectivity index (χ3v) is 3.13. The minimum atomic E-state index is -0.670. The number of carbonyl (C=O) groups is 1. The van der Waals surface area contributed by atoms with Crippen LogP contribution in [0.2, 0.25) is 0 Å². The van der Waals surface area contributed by atoms with Crippen LogP contribution in [0.15, 0.2) is 0 Å². The zero-order chi connectivity index (χ0) is 10.6. The standard InChI is InChI=1S/C11H21NO2/c1-8(2)9(7-11(13)14)10-5-3-4-6-12-10/h8-10,12H,3-7H2,1-2H3,(H,13,14). The Kier molecular flexibility index (Phi) is 4.39. The molecule has 1 fully saturated rings. The van der Waals surface area contributed by atoms with Gasteiger partial charge in [-0.2, -0.15) is 0 Å². The van der Waals surface area contributed by atoms with E-state index in [1.165, 1.54) is 12.8 Å². The number of piperidine rings is 1. The summed E-state index contributed by atoms with van der Waals surface area (Å²) in [5, 5.41) is 12.3. The number of hydrogen-bond acceptors (Lipinski definition) is 2. The summed E-state index contributed by atoms with van der Waals surface area (Å²) in [4.78, 5) is 10.7. The van der Waals surface area contributed by atoms with E-state index >= 15 is 0 Å². The molecule has 14 heavy (non-hydrogen) atoms. The summed E-state index contributed by atoms with van der Waals surface area (Å²) in [7, 11) is 0. The molecule has 1 rings (SSSR count). The second kappa shape index (κ2) is 5.35. The molecule has 0 aliphatic carbocycles. The predicted molar refractivity (Wildman–Crippen MR) is 56.2 cm³/mol. The number of aliphatic carboxylic acids is 1. The van der Waals surface area contributed by atoms with Gasteiger partial charge >= 0.3 is 5.97 Å². The van der Waals surface area contributed by atoms with Gasteiger partial charge < -0.3 is 10.4 Å². The van der Waals surface area contributed by atoms with Crippen LogP contribution in [0, 0.1) is 11.8 Å². The summed E-state index contributed by atoms with van der Waals surface area (Å²) in [5.41, 5.74) is 0. The largest absolute Gasteiger partial charge is 0.481 e. The van der Waals surface area contributed by atoms with Gasteiger partial charge in [-0.25, -0.2) is 0 Å². The minimum absolute atomic E-state index is 0.285. The molecule has 0 bridgehead atoms. The Balaban J connectivity index is 2.51. The fourth-order valence-electron chi connectivity index (χ4n) is 2.29. The number of carboxylic acid groups (broad SMARTS) is 1. The van der Waals surface area contributed by atoms with Crippen molar-refractivity contribution >= 4 is 5.97 Å². The Morgan fingerprint density at radius 1 is 1.50 bits per heavy atom. The molecule has 1 aliphatic rings. The Bertz CT molecular complexity index is 186. The summed E-state index contributed by atoms with van der Waals surface area (Å²) in [6.45, 7) is 5.28. The van der Waals surface area contributed by atoms with Crippen LogP contribution in [0.25, 0.3) is 0 Å². The maximum Gasteiger partial charge on any atom is 0.303 e. The molecule has 2 atom stereocenters. The Hall–Kier alpha value is -0.570. The molecule has 0 saturated carbocycles. The van der Waals surface area contributed by atoms with Crippen molar-refractivity contribution in [3.8, 4) is 0 Å². The highest BCUT2D eigenvalue weighted by molar-refractivity contribution is 5.67. The molecule has 0 aromatic heterocycles. The molecule has 0 spiro atoms. The van der Waals surface area contributed by atoms with Crippen molar-refractivity contribution in [2.45, 2.75) is 45.6 Å². The van der Waals surface area contributed by atoms with Crippen molar-refractivity contribution < 1.29 is 9.90 Å². The van der Waals surface area contributed by atoms with Crippen molar-refractivity contribution in [1.82, 2.24) is 5.32 Å². The topological polar surface area (TPSA) is 49.3 Å². The van der Waals surface area contributed by atoms with Crippen LogP contribution in [0.1, 0.15) is 39.5 Å². The molecule has 0 aromatic carbocycles. The molecule has 2 unspecified atom stereocenters. The molecule has 1 aliphatic heterocycles. The van der Waals surface area contributed by atoms with E-state index in [1.54, 1.807) is 0 Å². The van der Waals surface area contributed by atoms with Crippen LogP contribution in [0.3, 0.4) is 0 Å². The third-order valence-electron chi connectivity index (χ3n) is 3.13. The first-order valence-corrected chi connectivity index (χ1v) is 5.56. The monoisotopic (exact) mass is 199 g/mol. The maximum absolute atomic E-state index is 10.7. The van der Waals surface area contributed by atoms with Gasteiger partial charge in [-0.05, 0) is 31.2 Å². The van der Waals surface area contributed by atoms with E-state index in [0.29, 0.717) is 18.4 Å². The highest BCUT2D eigenvalue weighted by Crippen LogP contribution is 2.24. The van der Waals surface area contributed by atoms with Crippen molar-refractivity contribution in [3.63, 3.8) is 0 Å². The van der Waals surface area contributed by atoms with Crippen molar-refractivity contribution in [2.24, 2.45) is 11.8 Å². The first-order chi connectivity index (χ1) is 6.61. The number of rotatable bonds is 4. The van der Waals surface area contributed by atoms with Gasteiger partial charge in [0.25, 0.3) is 0 Å². The number of hydrogen-bond donors (Lipinski definition) is 2. The van der Waals surface area contributed by atoms with Crippen molar-refractivity contribution in [2.75, 3.05) is 6.54 Å². The van der Waals surface area contributed by atoms with Gasteiger partial charge in [-0.3, -0.25) is 4.79 Å². The summed E-state index contributed by atoms with van der Waals surface area (Å²) in [5.74, 6) is 0.0607. The normalized spacial score (nSPS) is 24.9. The van der Waals surface area contributed by atoms with Gasteiger partial charge in [-0.15, -0.1) is 0 Å². The zero-order valence-corrected chi connectivity index (χ0v) is 9.12. The molecule has 0 aromatic rings. The average molecular weight is 199 g/mol. The third kappa shape index (κ3) is 3.29. The molecule has 3 nitrogen and oxygen atoms in total. The number of carboxylic acids is 1. The lowest BCUT2D eigenvalue weighted by Crippen LogP contribution is -2.42. The van der Waals surface area contributed by atoms with E-state index in [4.69, 9.17) is 5.11 Å². The lowest BCUT2D eigenvalue weighted by molar-refractivity contribution is -0.138. The van der Waals surface area contributed by atoms with Crippen LogP contribution < -0.4 is 5.32 Å². The fourth-order valence-corrected chi connectivity index (χ4v) is 2.29. The van der Waals surface area contributed by atoms with Crippen LogP contribution >= 0.6 is 0 Å². The van der Waals surface area contributed by atoms with Gasteiger partial charge in [0.2, 0.25) is 0 Å². The number of nitrogens with one attached hydrogen (secondary N) is 1. The molecule has 2 N–H and O–H groups in total. The SMILES string of the molecule is CC(C)C(CC(=O)O)C1CCCCN1. The lowest BCUT2D eigenvalue weighted by Gasteiger charge is -2.33. The molecule has 0 amide bonds.